The van der Waals surface area contributed by atoms with E-state index < -0.39 is 28.8 Å². The molecule has 0 spiro atoms. The lowest BCUT2D eigenvalue weighted by Gasteiger charge is -2.33. The fourth-order valence-electron chi connectivity index (χ4n) is 4.46. The molecule has 7 nitrogen and oxygen atoms in total. The molecule has 1 fully saturated rings. The van der Waals surface area contributed by atoms with Crippen molar-refractivity contribution in [3.8, 4) is 0 Å². The van der Waals surface area contributed by atoms with Crippen LogP contribution in [0.4, 0.5) is 0 Å². The molecule has 2 aromatic rings. The molecule has 3 N–H and O–H groups in total. The molecule has 1 aliphatic heterocycles. The molecule has 3 rings (SSSR count). The van der Waals surface area contributed by atoms with Crippen molar-refractivity contribution < 1.29 is 19.5 Å². The summed E-state index contributed by atoms with van der Waals surface area (Å²) in [5.74, 6) is -0.995. The molecule has 0 bridgehead atoms. The second-order valence-corrected chi connectivity index (χ2v) is 11.9. The summed E-state index contributed by atoms with van der Waals surface area (Å²) in [4.78, 5) is 41.2. The van der Waals surface area contributed by atoms with Crippen LogP contribution in [0, 0.1) is 12.8 Å². The van der Waals surface area contributed by atoms with Gasteiger partial charge in [0.25, 0.3) is 5.91 Å². The van der Waals surface area contributed by atoms with Gasteiger partial charge in [-0.05, 0) is 50.3 Å². The van der Waals surface area contributed by atoms with Crippen LogP contribution in [0.2, 0.25) is 0 Å². The largest absolute Gasteiger partial charge is 0.381 e. The summed E-state index contributed by atoms with van der Waals surface area (Å²) in [6.07, 6.45) is -0.548. The second-order valence-electron chi connectivity index (χ2n) is 10.3. The molecule has 1 aliphatic rings. The average molecular weight is 526 g/mol. The Labute approximate surface area is 224 Å². The van der Waals surface area contributed by atoms with Gasteiger partial charge in [0.05, 0.1) is 11.9 Å². The van der Waals surface area contributed by atoms with Gasteiger partial charge in [0.15, 0.2) is 6.10 Å². The third-order valence-electron chi connectivity index (χ3n) is 7.11. The molecule has 0 aromatic heterocycles. The molecule has 0 aliphatic carbocycles. The smallest absolute Gasteiger partial charge is 0.254 e. The van der Waals surface area contributed by atoms with E-state index in [1.54, 1.807) is 0 Å². The fourth-order valence-corrected chi connectivity index (χ4v) is 5.60. The second kappa shape index (κ2) is 12.6. The number of thioether (sulfide) groups is 1. The van der Waals surface area contributed by atoms with Crippen molar-refractivity contribution in [2.45, 2.75) is 76.9 Å². The molecule has 8 heteroatoms. The van der Waals surface area contributed by atoms with Crippen molar-refractivity contribution in [2.75, 3.05) is 5.88 Å². The SMILES string of the molecule is CC[C@H](C)C(=O)N[C@@H](Cc1ccccc1)[C@H](O)C(=O)N1CSC(C)(C)C1C(=O)NCc1ccccc1C. The predicted octanol–water partition coefficient (Wildman–Crippen LogP) is 3.43. The molecular weight excluding hydrogens is 486 g/mol. The van der Waals surface area contributed by atoms with Gasteiger partial charge in [-0.25, -0.2) is 0 Å². The van der Waals surface area contributed by atoms with Crippen LogP contribution in [0.3, 0.4) is 0 Å². The van der Waals surface area contributed by atoms with Gasteiger partial charge in [0.2, 0.25) is 11.8 Å². The zero-order chi connectivity index (χ0) is 27.2. The summed E-state index contributed by atoms with van der Waals surface area (Å²) in [6.45, 7) is 9.95. The number of nitrogens with zero attached hydrogens (tertiary/aromatic N) is 1. The number of rotatable bonds is 10. The lowest BCUT2D eigenvalue weighted by Crippen LogP contribution is -2.59. The minimum Gasteiger partial charge on any atom is -0.381 e. The van der Waals surface area contributed by atoms with Crippen LogP contribution in [0.15, 0.2) is 54.6 Å². The van der Waals surface area contributed by atoms with Gasteiger partial charge in [-0.3, -0.25) is 14.4 Å². The van der Waals surface area contributed by atoms with Gasteiger partial charge in [0.1, 0.15) is 6.04 Å². The standard InChI is InChI=1S/C29H39N3O4S/c1-6-19(2)26(34)31-23(16-21-13-8-7-9-14-21)24(33)28(36)32-18-37-29(4,5)25(32)27(35)30-17-22-15-11-10-12-20(22)3/h7-15,19,23-25,33H,6,16-18H2,1-5H3,(H,30,35)(H,31,34)/t19-,23-,24-,25?/m0/s1. The minimum atomic E-state index is -1.49. The molecule has 2 aromatic carbocycles. The molecule has 4 atom stereocenters. The zero-order valence-corrected chi connectivity index (χ0v) is 23.2. The number of aliphatic hydroxyl groups is 1. The highest BCUT2D eigenvalue weighted by Crippen LogP contribution is 2.40. The lowest BCUT2D eigenvalue weighted by atomic mass is 9.96. The Morgan fingerprint density at radius 3 is 2.41 bits per heavy atom. The number of benzene rings is 2. The number of hydrogen-bond acceptors (Lipinski definition) is 5. The molecule has 1 unspecified atom stereocenters. The Morgan fingerprint density at radius 1 is 1.11 bits per heavy atom. The number of carbonyl (C=O) groups excluding carboxylic acids is 3. The molecule has 1 saturated heterocycles. The highest BCUT2D eigenvalue weighted by Gasteiger charge is 2.49. The van der Waals surface area contributed by atoms with E-state index in [1.165, 1.54) is 16.7 Å². The van der Waals surface area contributed by atoms with Crippen LogP contribution in [-0.4, -0.2) is 56.5 Å². The molecule has 37 heavy (non-hydrogen) atoms. The lowest BCUT2D eigenvalue weighted by molar-refractivity contribution is -0.148. The van der Waals surface area contributed by atoms with Crippen LogP contribution in [0.5, 0.6) is 0 Å². The van der Waals surface area contributed by atoms with E-state index in [4.69, 9.17) is 0 Å². The van der Waals surface area contributed by atoms with E-state index in [9.17, 15) is 19.5 Å². The molecule has 0 radical (unpaired) electrons. The molecule has 0 saturated carbocycles. The van der Waals surface area contributed by atoms with Gasteiger partial charge in [-0.15, -0.1) is 11.8 Å². The first-order valence-corrected chi connectivity index (χ1v) is 13.8. The number of nitrogens with one attached hydrogen (secondary N) is 2. The van der Waals surface area contributed by atoms with Crippen LogP contribution < -0.4 is 10.6 Å². The van der Waals surface area contributed by atoms with Gasteiger partial charge >= 0.3 is 0 Å². The molecule has 3 amide bonds. The number of amides is 3. The van der Waals surface area contributed by atoms with Crippen LogP contribution in [0.25, 0.3) is 0 Å². The van der Waals surface area contributed by atoms with Gasteiger partial charge in [0, 0.05) is 17.2 Å². The number of aryl methyl sites for hydroxylation is 1. The van der Waals surface area contributed by atoms with Crippen molar-refractivity contribution >= 4 is 29.5 Å². The number of aliphatic hydroxyl groups excluding tert-OH is 1. The Kier molecular flexibility index (Phi) is 9.79. The van der Waals surface area contributed by atoms with Crippen LogP contribution >= 0.6 is 11.8 Å². The average Bonchev–Trinajstić information content (AvgIpc) is 3.21. The first kappa shape index (κ1) is 28.7. The maximum atomic E-state index is 13.7. The Hall–Kier alpha value is -2.84. The first-order chi connectivity index (χ1) is 17.5. The van der Waals surface area contributed by atoms with Crippen molar-refractivity contribution in [3.63, 3.8) is 0 Å². The number of carbonyl (C=O) groups is 3. The predicted molar refractivity (Wildman–Crippen MR) is 148 cm³/mol. The van der Waals surface area contributed by atoms with E-state index in [1.807, 2.05) is 89.2 Å². The quantitative estimate of drug-likeness (QED) is 0.442. The summed E-state index contributed by atoms with van der Waals surface area (Å²) >= 11 is 1.50. The van der Waals surface area contributed by atoms with Crippen molar-refractivity contribution in [1.29, 1.82) is 0 Å². The Balaban J connectivity index is 1.79. The van der Waals surface area contributed by atoms with E-state index >= 15 is 0 Å². The van der Waals surface area contributed by atoms with E-state index in [2.05, 4.69) is 10.6 Å². The van der Waals surface area contributed by atoms with E-state index in [0.717, 1.165) is 16.7 Å². The van der Waals surface area contributed by atoms with Crippen LogP contribution in [0.1, 0.15) is 50.8 Å². The maximum absolute atomic E-state index is 13.7. The van der Waals surface area contributed by atoms with Crippen molar-refractivity contribution in [3.05, 3.63) is 71.3 Å². The highest BCUT2D eigenvalue weighted by molar-refractivity contribution is 8.00. The van der Waals surface area contributed by atoms with E-state index in [-0.39, 0.29) is 23.6 Å². The molecule has 1 heterocycles. The highest BCUT2D eigenvalue weighted by atomic mass is 32.2. The van der Waals surface area contributed by atoms with Gasteiger partial charge < -0.3 is 20.6 Å². The minimum absolute atomic E-state index is 0.209. The Morgan fingerprint density at radius 2 is 1.76 bits per heavy atom. The summed E-state index contributed by atoms with van der Waals surface area (Å²) in [6, 6.07) is 15.7. The maximum Gasteiger partial charge on any atom is 0.254 e. The normalized spacial score (nSPS) is 19.1. The monoisotopic (exact) mass is 525 g/mol. The van der Waals surface area contributed by atoms with Crippen LogP contribution in [-0.2, 0) is 27.3 Å². The zero-order valence-electron chi connectivity index (χ0n) is 22.4. The van der Waals surface area contributed by atoms with E-state index in [0.29, 0.717) is 19.4 Å². The Bertz CT molecular complexity index is 1090. The van der Waals surface area contributed by atoms with Gasteiger partial charge in [-0.1, -0.05) is 68.4 Å². The molecule has 200 valence electrons. The first-order valence-electron chi connectivity index (χ1n) is 12.8. The third kappa shape index (κ3) is 7.14. The van der Waals surface area contributed by atoms with Gasteiger partial charge in [-0.2, -0.15) is 0 Å². The fraction of sp³-hybridized carbons (Fsp3) is 0.483. The summed E-state index contributed by atoms with van der Waals surface area (Å²) in [5, 5.41) is 17.2. The topological polar surface area (TPSA) is 98.7 Å². The van der Waals surface area contributed by atoms with Crippen molar-refractivity contribution in [2.24, 2.45) is 5.92 Å². The van der Waals surface area contributed by atoms with Crippen molar-refractivity contribution in [1.82, 2.24) is 15.5 Å². The summed E-state index contributed by atoms with van der Waals surface area (Å²) in [5.41, 5.74) is 2.98. The molecular formula is C29H39N3O4S. The third-order valence-corrected chi connectivity index (χ3v) is 8.49. The summed E-state index contributed by atoms with van der Waals surface area (Å²) < 4.78 is -0.542. The summed E-state index contributed by atoms with van der Waals surface area (Å²) in [7, 11) is 0. The number of hydrogen-bond donors (Lipinski definition) is 3.